The molecule has 6 nitrogen and oxygen atoms in total. The number of likely N-dealkylation sites (tertiary alicyclic amines) is 1. The number of carbonyl (C=O) groups is 1. The van der Waals surface area contributed by atoms with Crippen LogP contribution in [0.25, 0.3) is 0 Å². The Labute approximate surface area is 138 Å². The van der Waals surface area contributed by atoms with E-state index in [4.69, 9.17) is 4.74 Å². The Bertz CT molecular complexity index is 555. The van der Waals surface area contributed by atoms with Crippen LogP contribution in [-0.2, 0) is 16.1 Å². The summed E-state index contributed by atoms with van der Waals surface area (Å²) >= 11 is 0. The van der Waals surface area contributed by atoms with E-state index in [2.05, 4.69) is 28.7 Å². The average Bonchev–Trinajstić information content (AvgIpc) is 3.13. The molecule has 2 atom stereocenters. The highest BCUT2D eigenvalue weighted by Crippen LogP contribution is 2.49. The third-order valence-electron chi connectivity index (χ3n) is 5.23. The first kappa shape index (κ1) is 16.5. The lowest BCUT2D eigenvalue weighted by Gasteiger charge is -2.39. The Morgan fingerprint density at radius 2 is 2.30 bits per heavy atom. The van der Waals surface area contributed by atoms with Crippen molar-refractivity contribution in [1.82, 2.24) is 19.8 Å². The lowest BCUT2D eigenvalue weighted by molar-refractivity contribution is -0.134. The van der Waals surface area contributed by atoms with E-state index in [0.29, 0.717) is 6.42 Å². The Balaban J connectivity index is 1.84. The van der Waals surface area contributed by atoms with Crippen LogP contribution in [-0.4, -0.2) is 63.6 Å². The van der Waals surface area contributed by atoms with Gasteiger partial charge in [-0.25, -0.2) is 4.98 Å². The molecule has 0 radical (unpaired) electrons. The molecule has 0 aromatic carbocycles. The number of aromatic nitrogens is 2. The predicted molar refractivity (Wildman–Crippen MR) is 87.8 cm³/mol. The molecular weight excluding hydrogens is 292 g/mol. The minimum absolute atomic E-state index is 0.0414. The number of imidazole rings is 1. The van der Waals surface area contributed by atoms with Crippen LogP contribution in [0.3, 0.4) is 0 Å². The van der Waals surface area contributed by atoms with Gasteiger partial charge in [0.15, 0.2) is 0 Å². The van der Waals surface area contributed by atoms with Gasteiger partial charge in [0.25, 0.3) is 0 Å². The highest BCUT2D eigenvalue weighted by atomic mass is 16.5. The average molecular weight is 320 g/mol. The SMILES string of the molecule is CN(C)C(=O)C[C@@H]1OC(C)(C)C[C@]12CCCN2Cc1cnc[nH]1. The number of hydrogen-bond acceptors (Lipinski definition) is 4. The second kappa shape index (κ2) is 5.91. The van der Waals surface area contributed by atoms with Crippen molar-refractivity contribution in [2.45, 2.75) is 63.3 Å². The van der Waals surface area contributed by atoms with Crippen LogP contribution in [0.2, 0.25) is 0 Å². The van der Waals surface area contributed by atoms with E-state index < -0.39 is 0 Å². The van der Waals surface area contributed by atoms with Gasteiger partial charge < -0.3 is 14.6 Å². The van der Waals surface area contributed by atoms with Crippen molar-refractivity contribution in [3.63, 3.8) is 0 Å². The van der Waals surface area contributed by atoms with Crippen LogP contribution in [0.1, 0.15) is 45.2 Å². The Kier molecular flexibility index (Phi) is 4.23. The number of H-pyrrole nitrogens is 1. The summed E-state index contributed by atoms with van der Waals surface area (Å²) in [6, 6.07) is 0. The summed E-state index contributed by atoms with van der Waals surface area (Å²) in [4.78, 5) is 23.8. The van der Waals surface area contributed by atoms with E-state index in [1.54, 1.807) is 11.2 Å². The first-order valence-corrected chi connectivity index (χ1v) is 8.43. The highest BCUT2D eigenvalue weighted by molar-refractivity contribution is 5.76. The second-order valence-electron chi connectivity index (χ2n) is 7.74. The number of nitrogens with one attached hydrogen (secondary N) is 1. The summed E-state index contributed by atoms with van der Waals surface area (Å²) in [6.45, 7) is 6.17. The molecule has 0 unspecified atom stereocenters. The summed E-state index contributed by atoms with van der Waals surface area (Å²) in [5, 5.41) is 0. The van der Waals surface area contributed by atoms with Gasteiger partial charge in [0.05, 0.1) is 30.0 Å². The summed E-state index contributed by atoms with van der Waals surface area (Å²) < 4.78 is 6.34. The van der Waals surface area contributed by atoms with Crippen molar-refractivity contribution in [2.75, 3.05) is 20.6 Å². The lowest BCUT2D eigenvalue weighted by Crippen LogP contribution is -2.51. The molecule has 0 saturated carbocycles. The van der Waals surface area contributed by atoms with E-state index in [1.165, 1.54) is 0 Å². The van der Waals surface area contributed by atoms with E-state index >= 15 is 0 Å². The monoisotopic (exact) mass is 320 g/mol. The fourth-order valence-electron chi connectivity index (χ4n) is 4.30. The molecule has 1 aromatic rings. The molecule has 2 aliphatic rings. The first-order valence-electron chi connectivity index (χ1n) is 8.43. The van der Waals surface area contributed by atoms with E-state index in [0.717, 1.165) is 38.0 Å². The molecule has 3 heterocycles. The number of nitrogens with zero attached hydrogens (tertiary/aromatic N) is 3. The smallest absolute Gasteiger partial charge is 0.224 e. The van der Waals surface area contributed by atoms with Crippen LogP contribution in [0, 0.1) is 0 Å². The Morgan fingerprint density at radius 3 is 2.96 bits per heavy atom. The van der Waals surface area contributed by atoms with Gasteiger partial charge in [-0.1, -0.05) is 0 Å². The zero-order valence-electron chi connectivity index (χ0n) is 14.6. The number of rotatable bonds is 4. The molecule has 2 aliphatic heterocycles. The predicted octanol–water partition coefficient (Wildman–Crippen LogP) is 1.79. The second-order valence-corrected chi connectivity index (χ2v) is 7.74. The quantitative estimate of drug-likeness (QED) is 0.919. The normalized spacial score (nSPS) is 30.2. The highest BCUT2D eigenvalue weighted by Gasteiger charge is 2.57. The maximum Gasteiger partial charge on any atom is 0.224 e. The fraction of sp³-hybridized carbons (Fsp3) is 0.765. The third-order valence-corrected chi connectivity index (χ3v) is 5.23. The van der Waals surface area contributed by atoms with Gasteiger partial charge in [-0.2, -0.15) is 0 Å². The molecule has 0 aliphatic carbocycles. The van der Waals surface area contributed by atoms with Gasteiger partial charge in [0, 0.05) is 32.5 Å². The van der Waals surface area contributed by atoms with E-state index in [9.17, 15) is 4.79 Å². The third kappa shape index (κ3) is 3.15. The van der Waals surface area contributed by atoms with Crippen molar-refractivity contribution in [3.05, 3.63) is 18.2 Å². The van der Waals surface area contributed by atoms with E-state index in [-0.39, 0.29) is 23.2 Å². The number of amides is 1. The van der Waals surface area contributed by atoms with Crippen LogP contribution in [0.15, 0.2) is 12.5 Å². The molecule has 0 bridgehead atoms. The molecular formula is C17H28N4O2. The largest absolute Gasteiger partial charge is 0.370 e. The molecule has 128 valence electrons. The summed E-state index contributed by atoms with van der Waals surface area (Å²) in [5.74, 6) is 0.139. The van der Waals surface area contributed by atoms with Crippen molar-refractivity contribution in [3.8, 4) is 0 Å². The van der Waals surface area contributed by atoms with Crippen molar-refractivity contribution in [2.24, 2.45) is 0 Å². The van der Waals surface area contributed by atoms with Crippen LogP contribution >= 0.6 is 0 Å². The maximum absolute atomic E-state index is 12.3. The minimum atomic E-state index is -0.187. The number of hydrogen-bond donors (Lipinski definition) is 1. The van der Waals surface area contributed by atoms with Gasteiger partial charge in [0.2, 0.25) is 5.91 Å². The summed E-state index contributed by atoms with van der Waals surface area (Å²) in [7, 11) is 3.62. The van der Waals surface area contributed by atoms with Gasteiger partial charge >= 0.3 is 0 Å². The number of aromatic amines is 1. The molecule has 2 saturated heterocycles. The molecule has 6 heteroatoms. The number of carbonyl (C=O) groups excluding carboxylic acids is 1. The number of ether oxygens (including phenoxy) is 1. The Morgan fingerprint density at radius 1 is 1.52 bits per heavy atom. The Hall–Kier alpha value is -1.40. The van der Waals surface area contributed by atoms with Gasteiger partial charge in [-0.15, -0.1) is 0 Å². The van der Waals surface area contributed by atoms with Crippen LogP contribution in [0.4, 0.5) is 0 Å². The zero-order chi connectivity index (χ0) is 16.7. The standard InChI is InChI=1S/C17H28N4O2/c1-16(2)11-17(14(23-16)8-15(22)20(3)4)6-5-7-21(17)10-13-9-18-12-19-13/h9,12,14H,5-8,10-11H2,1-4H3,(H,18,19)/t14-,17+/m0/s1. The van der Waals surface area contributed by atoms with Crippen LogP contribution < -0.4 is 0 Å². The van der Waals surface area contributed by atoms with Crippen molar-refractivity contribution < 1.29 is 9.53 Å². The first-order chi connectivity index (χ1) is 10.8. The van der Waals surface area contributed by atoms with Crippen molar-refractivity contribution >= 4 is 5.91 Å². The molecule has 23 heavy (non-hydrogen) atoms. The molecule has 1 amide bonds. The maximum atomic E-state index is 12.3. The summed E-state index contributed by atoms with van der Waals surface area (Å²) in [6.07, 6.45) is 7.23. The molecule has 2 fully saturated rings. The molecule has 3 rings (SSSR count). The lowest BCUT2D eigenvalue weighted by atomic mass is 9.82. The zero-order valence-corrected chi connectivity index (χ0v) is 14.6. The minimum Gasteiger partial charge on any atom is -0.370 e. The molecule has 1 N–H and O–H groups in total. The molecule has 1 aromatic heterocycles. The van der Waals surface area contributed by atoms with Crippen LogP contribution in [0.5, 0.6) is 0 Å². The van der Waals surface area contributed by atoms with Gasteiger partial charge in [-0.3, -0.25) is 9.69 Å². The van der Waals surface area contributed by atoms with Crippen molar-refractivity contribution in [1.29, 1.82) is 0 Å². The molecule has 1 spiro atoms. The van der Waals surface area contributed by atoms with Gasteiger partial charge in [-0.05, 0) is 39.7 Å². The van der Waals surface area contributed by atoms with E-state index in [1.807, 2.05) is 20.3 Å². The fourth-order valence-corrected chi connectivity index (χ4v) is 4.30. The van der Waals surface area contributed by atoms with Gasteiger partial charge in [0.1, 0.15) is 0 Å². The topological polar surface area (TPSA) is 61.5 Å². The summed E-state index contributed by atoms with van der Waals surface area (Å²) in [5.41, 5.74) is 0.891.